The van der Waals surface area contributed by atoms with Crippen molar-refractivity contribution in [2.75, 3.05) is 33.4 Å². The zero-order chi connectivity index (χ0) is 13.7. The first kappa shape index (κ1) is 14.1. The summed E-state index contributed by atoms with van der Waals surface area (Å²) in [5.74, 6) is 1.41. The van der Waals surface area contributed by atoms with Crippen molar-refractivity contribution in [3.8, 4) is 11.5 Å². The highest BCUT2D eigenvalue weighted by atomic mass is 32.1. The van der Waals surface area contributed by atoms with Crippen LogP contribution < -0.4 is 15.2 Å². The number of rotatable bonds is 6. The topological polar surface area (TPSA) is 47.7 Å². The van der Waals surface area contributed by atoms with Gasteiger partial charge in [0.05, 0.1) is 7.11 Å². The lowest BCUT2D eigenvalue weighted by atomic mass is 10.2. The van der Waals surface area contributed by atoms with Crippen molar-refractivity contribution >= 4 is 17.2 Å². The molecule has 0 unspecified atom stereocenters. The SMILES string of the molecule is COc1ccc(C(N)=S)cc1OCCN1CCCC1. The first-order valence-corrected chi connectivity index (χ1v) is 6.94. The van der Waals surface area contributed by atoms with E-state index in [1.807, 2.05) is 18.2 Å². The van der Waals surface area contributed by atoms with Gasteiger partial charge < -0.3 is 15.2 Å². The summed E-state index contributed by atoms with van der Waals surface area (Å²) in [5.41, 5.74) is 6.43. The summed E-state index contributed by atoms with van der Waals surface area (Å²) in [6.07, 6.45) is 2.58. The molecule has 1 aromatic rings. The molecule has 1 aromatic carbocycles. The summed E-state index contributed by atoms with van der Waals surface area (Å²) in [4.78, 5) is 2.77. The molecule has 5 heteroatoms. The molecule has 0 saturated carbocycles. The van der Waals surface area contributed by atoms with Gasteiger partial charge in [0, 0.05) is 12.1 Å². The van der Waals surface area contributed by atoms with Gasteiger partial charge in [0.1, 0.15) is 11.6 Å². The van der Waals surface area contributed by atoms with Crippen molar-refractivity contribution < 1.29 is 9.47 Å². The number of nitrogens with two attached hydrogens (primary N) is 1. The molecule has 4 nitrogen and oxygen atoms in total. The summed E-state index contributed by atoms with van der Waals surface area (Å²) in [7, 11) is 1.63. The minimum atomic E-state index is 0.368. The minimum absolute atomic E-state index is 0.368. The van der Waals surface area contributed by atoms with Crippen LogP contribution in [-0.2, 0) is 0 Å². The third-order valence-corrected chi connectivity index (χ3v) is 3.55. The Morgan fingerprint density at radius 2 is 2.05 bits per heavy atom. The van der Waals surface area contributed by atoms with Gasteiger partial charge in [-0.15, -0.1) is 0 Å². The number of hydrogen-bond acceptors (Lipinski definition) is 4. The summed E-state index contributed by atoms with van der Waals surface area (Å²) < 4.78 is 11.1. The second-order valence-electron chi connectivity index (χ2n) is 4.63. The molecule has 1 aliphatic heterocycles. The van der Waals surface area contributed by atoms with Crippen LogP contribution in [0.15, 0.2) is 18.2 Å². The molecule has 0 bridgehead atoms. The van der Waals surface area contributed by atoms with E-state index >= 15 is 0 Å². The fourth-order valence-corrected chi connectivity index (χ4v) is 2.36. The summed E-state index contributed by atoms with van der Waals surface area (Å²) in [6.45, 7) is 3.94. The maximum absolute atomic E-state index is 5.80. The van der Waals surface area contributed by atoms with E-state index in [1.165, 1.54) is 25.9 Å². The second-order valence-corrected chi connectivity index (χ2v) is 5.07. The van der Waals surface area contributed by atoms with E-state index in [4.69, 9.17) is 27.4 Å². The molecule has 0 aliphatic carbocycles. The zero-order valence-corrected chi connectivity index (χ0v) is 12.0. The molecule has 0 radical (unpaired) electrons. The smallest absolute Gasteiger partial charge is 0.161 e. The molecule has 19 heavy (non-hydrogen) atoms. The van der Waals surface area contributed by atoms with Crippen LogP contribution in [0.3, 0.4) is 0 Å². The van der Waals surface area contributed by atoms with Gasteiger partial charge in [0.15, 0.2) is 11.5 Å². The van der Waals surface area contributed by atoms with E-state index < -0.39 is 0 Å². The van der Waals surface area contributed by atoms with Crippen LogP contribution in [0.4, 0.5) is 0 Å². The molecule has 104 valence electrons. The Bertz CT molecular complexity index is 445. The van der Waals surface area contributed by atoms with Crippen molar-refractivity contribution in [1.82, 2.24) is 4.90 Å². The van der Waals surface area contributed by atoms with Crippen LogP contribution in [0.1, 0.15) is 18.4 Å². The monoisotopic (exact) mass is 280 g/mol. The first-order chi connectivity index (χ1) is 9.20. The Hall–Kier alpha value is -1.33. The van der Waals surface area contributed by atoms with Gasteiger partial charge in [0.25, 0.3) is 0 Å². The van der Waals surface area contributed by atoms with Crippen LogP contribution in [0.2, 0.25) is 0 Å². The zero-order valence-electron chi connectivity index (χ0n) is 11.2. The molecule has 0 aromatic heterocycles. The highest BCUT2D eigenvalue weighted by Crippen LogP contribution is 2.28. The van der Waals surface area contributed by atoms with E-state index in [0.29, 0.717) is 23.1 Å². The van der Waals surface area contributed by atoms with Crippen molar-refractivity contribution in [1.29, 1.82) is 0 Å². The molecule has 1 fully saturated rings. The molecule has 2 N–H and O–H groups in total. The van der Waals surface area contributed by atoms with Gasteiger partial charge in [-0.1, -0.05) is 12.2 Å². The number of likely N-dealkylation sites (tertiary alicyclic amines) is 1. The maximum atomic E-state index is 5.80. The Balaban J connectivity index is 1.96. The van der Waals surface area contributed by atoms with E-state index in [-0.39, 0.29) is 0 Å². The molecule has 0 amide bonds. The van der Waals surface area contributed by atoms with Crippen molar-refractivity contribution in [3.05, 3.63) is 23.8 Å². The van der Waals surface area contributed by atoms with Crippen molar-refractivity contribution in [2.45, 2.75) is 12.8 Å². The average Bonchev–Trinajstić information content (AvgIpc) is 2.91. The van der Waals surface area contributed by atoms with Crippen LogP contribution in [-0.4, -0.2) is 43.2 Å². The largest absolute Gasteiger partial charge is 0.493 e. The van der Waals surface area contributed by atoms with E-state index in [2.05, 4.69) is 4.90 Å². The van der Waals surface area contributed by atoms with E-state index in [9.17, 15) is 0 Å². The number of benzene rings is 1. The number of methoxy groups -OCH3 is 1. The third-order valence-electron chi connectivity index (χ3n) is 3.31. The van der Waals surface area contributed by atoms with Crippen molar-refractivity contribution in [2.24, 2.45) is 5.73 Å². The number of thiocarbonyl (C=S) groups is 1. The predicted molar refractivity (Wildman–Crippen MR) is 80.1 cm³/mol. The number of ether oxygens (including phenoxy) is 2. The number of hydrogen-bond donors (Lipinski definition) is 1. The van der Waals surface area contributed by atoms with Crippen LogP contribution in [0.5, 0.6) is 11.5 Å². The van der Waals surface area contributed by atoms with Crippen LogP contribution in [0.25, 0.3) is 0 Å². The predicted octanol–water partition coefficient (Wildman–Crippen LogP) is 1.80. The molecular formula is C14H20N2O2S. The van der Waals surface area contributed by atoms with E-state index in [0.717, 1.165) is 12.1 Å². The van der Waals surface area contributed by atoms with Gasteiger partial charge in [-0.3, -0.25) is 4.90 Å². The quantitative estimate of drug-likeness (QED) is 0.805. The first-order valence-electron chi connectivity index (χ1n) is 6.53. The van der Waals surface area contributed by atoms with Gasteiger partial charge in [-0.2, -0.15) is 0 Å². The normalized spacial score (nSPS) is 15.4. The molecule has 0 spiro atoms. The third kappa shape index (κ3) is 3.81. The Labute approximate surface area is 119 Å². The Morgan fingerprint density at radius 1 is 1.32 bits per heavy atom. The summed E-state index contributed by atoms with van der Waals surface area (Å²) in [5, 5.41) is 0. The lowest BCUT2D eigenvalue weighted by molar-refractivity contribution is 0.230. The number of nitrogens with zero attached hydrogens (tertiary/aromatic N) is 1. The molecule has 1 heterocycles. The molecule has 1 saturated heterocycles. The highest BCUT2D eigenvalue weighted by Gasteiger charge is 2.12. The van der Waals surface area contributed by atoms with Gasteiger partial charge in [0.2, 0.25) is 0 Å². The van der Waals surface area contributed by atoms with E-state index in [1.54, 1.807) is 7.11 Å². The Kier molecular flexibility index (Phi) is 4.99. The molecule has 0 atom stereocenters. The average molecular weight is 280 g/mol. The second kappa shape index (κ2) is 6.73. The lowest BCUT2D eigenvalue weighted by Gasteiger charge is -2.16. The van der Waals surface area contributed by atoms with Crippen LogP contribution in [0, 0.1) is 0 Å². The lowest BCUT2D eigenvalue weighted by Crippen LogP contribution is -2.25. The van der Waals surface area contributed by atoms with Gasteiger partial charge in [-0.05, 0) is 44.1 Å². The maximum Gasteiger partial charge on any atom is 0.161 e. The van der Waals surface area contributed by atoms with Gasteiger partial charge in [-0.25, -0.2) is 0 Å². The summed E-state index contributed by atoms with van der Waals surface area (Å²) in [6, 6.07) is 5.51. The summed E-state index contributed by atoms with van der Waals surface area (Å²) >= 11 is 4.97. The molecular weight excluding hydrogens is 260 g/mol. The fourth-order valence-electron chi connectivity index (χ4n) is 2.23. The Morgan fingerprint density at radius 3 is 2.68 bits per heavy atom. The standard InChI is InChI=1S/C14H20N2O2S/c1-17-12-5-4-11(14(15)19)10-13(12)18-9-8-16-6-2-3-7-16/h4-5,10H,2-3,6-9H2,1H3,(H2,15,19). The van der Waals surface area contributed by atoms with Crippen molar-refractivity contribution in [3.63, 3.8) is 0 Å². The molecule has 2 rings (SSSR count). The fraction of sp³-hybridized carbons (Fsp3) is 0.500. The highest BCUT2D eigenvalue weighted by molar-refractivity contribution is 7.80. The van der Waals surface area contributed by atoms with Gasteiger partial charge >= 0.3 is 0 Å². The molecule has 1 aliphatic rings. The minimum Gasteiger partial charge on any atom is -0.493 e. The van der Waals surface area contributed by atoms with Crippen LogP contribution >= 0.6 is 12.2 Å².